The average Bonchev–Trinajstić information content (AvgIpc) is 2.09. The summed E-state index contributed by atoms with van der Waals surface area (Å²) in [5.41, 5.74) is 0. The van der Waals surface area contributed by atoms with E-state index in [0.717, 1.165) is 10.2 Å². The predicted molar refractivity (Wildman–Crippen MR) is 56.1 cm³/mol. The fraction of sp³-hybridized carbons (Fsp3) is 0.400. The summed E-state index contributed by atoms with van der Waals surface area (Å²) in [6.07, 6.45) is 0.0729. The van der Waals surface area contributed by atoms with Crippen LogP contribution in [0.15, 0.2) is 28.7 Å². The summed E-state index contributed by atoms with van der Waals surface area (Å²) in [5.74, 6) is 0.854. The molecule has 72 valence electrons. The highest BCUT2D eigenvalue weighted by atomic mass is 79.9. The number of halogens is 1. The summed E-state index contributed by atoms with van der Waals surface area (Å²) >= 11 is 3.41. The lowest BCUT2D eigenvalue weighted by atomic mass is 10.3. The smallest absolute Gasteiger partial charge is 0.134 e. The van der Waals surface area contributed by atoms with Crippen LogP contribution in [0.25, 0.3) is 0 Å². The Kier molecular flexibility index (Phi) is 4.25. The van der Waals surface area contributed by atoms with Crippen LogP contribution < -0.4 is 4.74 Å². The van der Waals surface area contributed by atoms with Crippen molar-refractivity contribution in [1.82, 2.24) is 0 Å². The van der Waals surface area contributed by atoms with Crippen LogP contribution in [0.3, 0.4) is 0 Å². The Balaban J connectivity index is 2.58. The van der Waals surface area contributed by atoms with Crippen LogP contribution in [0, 0.1) is 0 Å². The quantitative estimate of drug-likeness (QED) is 0.812. The molecule has 0 saturated carbocycles. The van der Waals surface area contributed by atoms with Gasteiger partial charge in [0.05, 0.1) is 11.1 Å². The molecule has 0 aliphatic heterocycles. The Bertz CT molecular complexity index is 263. The van der Waals surface area contributed by atoms with Gasteiger partial charge in [-0.15, -0.1) is 0 Å². The molecule has 3 heteroatoms. The zero-order chi connectivity index (χ0) is 9.68. The number of methoxy groups -OCH3 is 1. The number of para-hydroxylation sites is 1. The second kappa shape index (κ2) is 5.25. The maximum atomic E-state index is 5.61. The number of hydrogen-bond acceptors (Lipinski definition) is 2. The molecule has 1 aromatic carbocycles. The van der Waals surface area contributed by atoms with Gasteiger partial charge in [0.2, 0.25) is 0 Å². The summed E-state index contributed by atoms with van der Waals surface area (Å²) < 4.78 is 11.6. The number of ether oxygens (including phenoxy) is 2. The standard InChI is InChI=1S/C10H13BrO2/c1-8(7-12-2)13-10-6-4-3-5-9(10)11/h3-6,8H,7H2,1-2H3. The Hall–Kier alpha value is -0.540. The Morgan fingerprint density at radius 3 is 2.69 bits per heavy atom. The van der Waals surface area contributed by atoms with Crippen molar-refractivity contribution >= 4 is 15.9 Å². The van der Waals surface area contributed by atoms with Crippen molar-refractivity contribution in [2.75, 3.05) is 13.7 Å². The molecule has 0 fully saturated rings. The van der Waals surface area contributed by atoms with Gasteiger partial charge < -0.3 is 9.47 Å². The molecule has 0 spiro atoms. The number of rotatable bonds is 4. The summed E-state index contributed by atoms with van der Waals surface area (Å²) in [6, 6.07) is 7.78. The van der Waals surface area contributed by atoms with E-state index in [-0.39, 0.29) is 6.10 Å². The van der Waals surface area contributed by atoms with Crippen LogP contribution in [0.1, 0.15) is 6.92 Å². The van der Waals surface area contributed by atoms with Crippen molar-refractivity contribution in [3.05, 3.63) is 28.7 Å². The first-order valence-electron chi connectivity index (χ1n) is 4.14. The van der Waals surface area contributed by atoms with E-state index in [0.29, 0.717) is 6.61 Å². The predicted octanol–water partition coefficient (Wildman–Crippen LogP) is 2.86. The van der Waals surface area contributed by atoms with Crippen molar-refractivity contribution < 1.29 is 9.47 Å². The third-order valence-corrected chi connectivity index (χ3v) is 2.22. The van der Waals surface area contributed by atoms with Crippen LogP contribution in [-0.4, -0.2) is 19.8 Å². The van der Waals surface area contributed by atoms with Gasteiger partial charge in [-0.1, -0.05) is 12.1 Å². The van der Waals surface area contributed by atoms with Gasteiger partial charge in [0.15, 0.2) is 0 Å². The second-order valence-corrected chi connectivity index (χ2v) is 3.67. The zero-order valence-electron chi connectivity index (χ0n) is 7.79. The minimum Gasteiger partial charge on any atom is -0.487 e. The Morgan fingerprint density at radius 2 is 2.08 bits per heavy atom. The first-order valence-corrected chi connectivity index (χ1v) is 4.93. The highest BCUT2D eigenvalue weighted by molar-refractivity contribution is 9.10. The van der Waals surface area contributed by atoms with Gasteiger partial charge in [-0.3, -0.25) is 0 Å². The van der Waals surface area contributed by atoms with E-state index < -0.39 is 0 Å². The molecule has 0 saturated heterocycles. The first kappa shape index (κ1) is 10.5. The fourth-order valence-corrected chi connectivity index (χ4v) is 1.40. The second-order valence-electron chi connectivity index (χ2n) is 2.81. The molecule has 0 aliphatic rings. The molecule has 1 atom stereocenters. The minimum atomic E-state index is 0.0729. The molecule has 1 unspecified atom stereocenters. The summed E-state index contributed by atoms with van der Waals surface area (Å²) in [5, 5.41) is 0. The summed E-state index contributed by atoms with van der Waals surface area (Å²) in [4.78, 5) is 0. The van der Waals surface area contributed by atoms with Gasteiger partial charge in [0.25, 0.3) is 0 Å². The van der Waals surface area contributed by atoms with Gasteiger partial charge in [-0.25, -0.2) is 0 Å². The van der Waals surface area contributed by atoms with Crippen LogP contribution in [-0.2, 0) is 4.74 Å². The summed E-state index contributed by atoms with van der Waals surface area (Å²) in [6.45, 7) is 2.57. The highest BCUT2D eigenvalue weighted by Gasteiger charge is 2.05. The molecular weight excluding hydrogens is 232 g/mol. The molecule has 0 heterocycles. The van der Waals surface area contributed by atoms with E-state index in [4.69, 9.17) is 9.47 Å². The molecule has 0 aromatic heterocycles. The van der Waals surface area contributed by atoms with Gasteiger partial charge >= 0.3 is 0 Å². The lowest BCUT2D eigenvalue weighted by Gasteiger charge is -2.14. The molecule has 0 amide bonds. The van der Waals surface area contributed by atoms with E-state index in [1.807, 2.05) is 31.2 Å². The SMILES string of the molecule is COCC(C)Oc1ccccc1Br. The van der Waals surface area contributed by atoms with E-state index in [2.05, 4.69) is 15.9 Å². The summed E-state index contributed by atoms with van der Waals surface area (Å²) in [7, 11) is 1.67. The average molecular weight is 245 g/mol. The third-order valence-electron chi connectivity index (χ3n) is 1.57. The number of benzene rings is 1. The van der Waals surface area contributed by atoms with Gasteiger partial charge in [0.1, 0.15) is 11.9 Å². The normalized spacial score (nSPS) is 12.5. The third kappa shape index (κ3) is 3.36. The van der Waals surface area contributed by atoms with Crippen molar-refractivity contribution in [3.63, 3.8) is 0 Å². The Morgan fingerprint density at radius 1 is 1.38 bits per heavy atom. The highest BCUT2D eigenvalue weighted by Crippen LogP contribution is 2.24. The van der Waals surface area contributed by atoms with Gasteiger partial charge in [0, 0.05) is 7.11 Å². The molecule has 0 bridgehead atoms. The molecule has 2 nitrogen and oxygen atoms in total. The van der Waals surface area contributed by atoms with Crippen molar-refractivity contribution in [2.45, 2.75) is 13.0 Å². The largest absolute Gasteiger partial charge is 0.487 e. The van der Waals surface area contributed by atoms with E-state index in [1.54, 1.807) is 7.11 Å². The molecule has 0 N–H and O–H groups in total. The fourth-order valence-electron chi connectivity index (χ4n) is 1.03. The lowest BCUT2D eigenvalue weighted by Crippen LogP contribution is -2.18. The molecule has 1 rings (SSSR count). The minimum absolute atomic E-state index is 0.0729. The first-order chi connectivity index (χ1) is 6.24. The van der Waals surface area contributed by atoms with Crippen LogP contribution in [0.2, 0.25) is 0 Å². The van der Waals surface area contributed by atoms with Crippen LogP contribution in [0.4, 0.5) is 0 Å². The number of hydrogen-bond donors (Lipinski definition) is 0. The van der Waals surface area contributed by atoms with Crippen LogP contribution >= 0.6 is 15.9 Å². The van der Waals surface area contributed by atoms with Crippen molar-refractivity contribution in [1.29, 1.82) is 0 Å². The molecule has 1 aromatic rings. The molecule has 0 radical (unpaired) electrons. The molecule has 0 aliphatic carbocycles. The van der Waals surface area contributed by atoms with E-state index >= 15 is 0 Å². The maximum Gasteiger partial charge on any atom is 0.134 e. The van der Waals surface area contributed by atoms with Crippen molar-refractivity contribution in [2.24, 2.45) is 0 Å². The Labute approximate surface area is 87.0 Å². The molecular formula is C10H13BrO2. The van der Waals surface area contributed by atoms with E-state index in [1.165, 1.54) is 0 Å². The van der Waals surface area contributed by atoms with Crippen LogP contribution in [0.5, 0.6) is 5.75 Å². The van der Waals surface area contributed by atoms with E-state index in [9.17, 15) is 0 Å². The monoisotopic (exact) mass is 244 g/mol. The van der Waals surface area contributed by atoms with Gasteiger partial charge in [-0.05, 0) is 35.0 Å². The molecule has 13 heavy (non-hydrogen) atoms. The topological polar surface area (TPSA) is 18.5 Å². The maximum absolute atomic E-state index is 5.61. The van der Waals surface area contributed by atoms with Gasteiger partial charge in [-0.2, -0.15) is 0 Å². The lowest BCUT2D eigenvalue weighted by molar-refractivity contribution is 0.0916. The zero-order valence-corrected chi connectivity index (χ0v) is 9.37. The van der Waals surface area contributed by atoms with Crippen molar-refractivity contribution in [3.8, 4) is 5.75 Å².